The Labute approximate surface area is 188 Å². The second kappa shape index (κ2) is 11.4. The van der Waals surface area contributed by atoms with E-state index in [0.717, 1.165) is 22.7 Å². The van der Waals surface area contributed by atoms with Crippen molar-refractivity contribution < 1.29 is 14.3 Å². The molecule has 0 radical (unpaired) electrons. The highest BCUT2D eigenvalue weighted by Gasteiger charge is 2.17. The third kappa shape index (κ3) is 6.26. The van der Waals surface area contributed by atoms with Gasteiger partial charge in [-0.15, -0.1) is 0 Å². The van der Waals surface area contributed by atoms with Crippen molar-refractivity contribution in [3.05, 3.63) is 83.1 Å². The van der Waals surface area contributed by atoms with Gasteiger partial charge in [0.2, 0.25) is 0 Å². The Balaban J connectivity index is 1.76. The van der Waals surface area contributed by atoms with E-state index in [-0.39, 0.29) is 6.03 Å². The Morgan fingerprint density at radius 1 is 1.06 bits per heavy atom. The number of rotatable bonds is 10. The second-order valence-electron chi connectivity index (χ2n) is 7.12. The maximum Gasteiger partial charge on any atom is 0.322 e. The molecule has 0 fully saturated rings. The molecule has 31 heavy (non-hydrogen) atoms. The van der Waals surface area contributed by atoms with Crippen molar-refractivity contribution in [2.24, 2.45) is 0 Å². The van der Waals surface area contributed by atoms with Gasteiger partial charge in [-0.25, -0.2) is 4.79 Å². The van der Waals surface area contributed by atoms with Gasteiger partial charge in [0.15, 0.2) is 0 Å². The van der Waals surface area contributed by atoms with Gasteiger partial charge in [-0.1, -0.05) is 41.9 Å². The average Bonchev–Trinajstić information content (AvgIpc) is 3.21. The third-order valence-electron chi connectivity index (χ3n) is 4.99. The van der Waals surface area contributed by atoms with Crippen LogP contribution in [-0.2, 0) is 17.8 Å². The van der Waals surface area contributed by atoms with Crippen LogP contribution >= 0.6 is 11.6 Å². The minimum atomic E-state index is -0.189. The molecular formula is C24H28ClN3O3. The maximum absolute atomic E-state index is 13.1. The molecule has 2 aromatic carbocycles. The van der Waals surface area contributed by atoms with Gasteiger partial charge >= 0.3 is 6.03 Å². The van der Waals surface area contributed by atoms with Crippen LogP contribution < -0.4 is 10.1 Å². The Hall–Kier alpha value is -2.96. The summed E-state index contributed by atoms with van der Waals surface area (Å²) in [6, 6.07) is 19.0. The minimum absolute atomic E-state index is 0.189. The molecule has 0 saturated carbocycles. The molecule has 6 nitrogen and oxygen atoms in total. The van der Waals surface area contributed by atoms with Crippen LogP contribution in [0.4, 0.5) is 10.5 Å². The largest absolute Gasteiger partial charge is 0.495 e. The quantitative estimate of drug-likeness (QED) is 0.436. The lowest BCUT2D eigenvalue weighted by Gasteiger charge is -2.24. The summed E-state index contributed by atoms with van der Waals surface area (Å²) in [5, 5.41) is 3.70. The number of carbonyl (C=O) groups is 1. The third-order valence-corrected chi connectivity index (χ3v) is 5.36. The molecule has 1 aromatic heterocycles. The number of halogens is 1. The molecule has 0 atom stereocenters. The van der Waals surface area contributed by atoms with Gasteiger partial charge in [-0.2, -0.15) is 0 Å². The van der Waals surface area contributed by atoms with Crippen LogP contribution in [0.3, 0.4) is 0 Å². The number of methoxy groups -OCH3 is 2. The zero-order valence-corrected chi connectivity index (χ0v) is 18.6. The fraction of sp³-hybridized carbons (Fsp3) is 0.292. The molecule has 164 valence electrons. The molecule has 2 amide bonds. The number of para-hydroxylation sites is 2. The molecule has 0 aliphatic carbocycles. The molecule has 3 aromatic rings. The first-order valence-electron chi connectivity index (χ1n) is 10.2. The molecule has 7 heteroatoms. The Bertz CT molecular complexity index is 989. The van der Waals surface area contributed by atoms with Crippen molar-refractivity contribution in [3.63, 3.8) is 0 Å². The standard InChI is InChI=1S/C24H28ClN3O3/c1-30-16-8-15-28(24(29)26-22-12-5-6-13-23(22)31-2)18-20-10-7-14-27(20)17-19-9-3-4-11-21(19)25/h3-7,9-14H,8,15-18H2,1-2H3,(H,26,29). The first-order valence-corrected chi connectivity index (χ1v) is 10.6. The van der Waals surface area contributed by atoms with E-state index in [4.69, 9.17) is 21.1 Å². The Morgan fingerprint density at radius 3 is 2.61 bits per heavy atom. The summed E-state index contributed by atoms with van der Waals surface area (Å²) in [6.07, 6.45) is 2.74. The number of urea groups is 1. The van der Waals surface area contributed by atoms with E-state index in [2.05, 4.69) is 9.88 Å². The first kappa shape index (κ1) is 22.7. The number of hydrogen-bond donors (Lipinski definition) is 1. The molecule has 0 unspecified atom stereocenters. The van der Waals surface area contributed by atoms with E-state index in [9.17, 15) is 4.79 Å². The van der Waals surface area contributed by atoms with Crippen LogP contribution in [0.5, 0.6) is 5.75 Å². The van der Waals surface area contributed by atoms with Crippen molar-refractivity contribution in [2.75, 3.05) is 32.7 Å². The number of aromatic nitrogens is 1. The normalized spacial score (nSPS) is 10.7. The Kier molecular flexibility index (Phi) is 8.38. The molecule has 0 aliphatic rings. The molecule has 0 spiro atoms. The van der Waals surface area contributed by atoms with E-state index in [1.165, 1.54) is 0 Å². The summed E-state index contributed by atoms with van der Waals surface area (Å²) < 4.78 is 12.6. The van der Waals surface area contributed by atoms with Gasteiger partial charge in [0.25, 0.3) is 0 Å². The first-order chi connectivity index (χ1) is 15.1. The highest BCUT2D eigenvalue weighted by atomic mass is 35.5. The number of benzene rings is 2. The maximum atomic E-state index is 13.1. The van der Waals surface area contributed by atoms with E-state index in [1.807, 2.05) is 66.9 Å². The van der Waals surface area contributed by atoms with Crippen molar-refractivity contribution in [1.29, 1.82) is 0 Å². The van der Waals surface area contributed by atoms with Gasteiger partial charge in [-0.3, -0.25) is 0 Å². The minimum Gasteiger partial charge on any atom is -0.495 e. The van der Waals surface area contributed by atoms with Gasteiger partial charge in [0.1, 0.15) is 5.75 Å². The highest BCUT2D eigenvalue weighted by molar-refractivity contribution is 6.31. The van der Waals surface area contributed by atoms with Crippen LogP contribution in [0, 0.1) is 0 Å². The topological polar surface area (TPSA) is 55.7 Å². The van der Waals surface area contributed by atoms with E-state index < -0.39 is 0 Å². The van der Waals surface area contributed by atoms with Gasteiger partial charge < -0.3 is 24.3 Å². The van der Waals surface area contributed by atoms with Gasteiger partial charge in [0.05, 0.1) is 19.3 Å². The lowest BCUT2D eigenvalue weighted by molar-refractivity contribution is 0.171. The lowest BCUT2D eigenvalue weighted by Crippen LogP contribution is -2.36. The fourth-order valence-corrected chi connectivity index (χ4v) is 3.54. The van der Waals surface area contributed by atoms with Crippen molar-refractivity contribution in [3.8, 4) is 5.75 Å². The zero-order valence-electron chi connectivity index (χ0n) is 17.9. The smallest absolute Gasteiger partial charge is 0.322 e. The zero-order chi connectivity index (χ0) is 22.1. The predicted octanol–water partition coefficient (Wildman–Crippen LogP) is 5.27. The van der Waals surface area contributed by atoms with E-state index in [1.54, 1.807) is 19.1 Å². The average molecular weight is 442 g/mol. The number of ether oxygens (including phenoxy) is 2. The number of amides is 2. The molecule has 1 heterocycles. The number of nitrogens with one attached hydrogen (secondary N) is 1. The SMILES string of the molecule is COCCCN(Cc1cccn1Cc1ccccc1Cl)C(=O)Nc1ccccc1OC. The molecule has 0 aliphatic heterocycles. The van der Waals surface area contributed by atoms with Crippen LogP contribution in [0.15, 0.2) is 66.9 Å². The van der Waals surface area contributed by atoms with Crippen LogP contribution in [0.2, 0.25) is 5.02 Å². The summed E-state index contributed by atoms with van der Waals surface area (Å²) in [5.41, 5.74) is 2.69. The van der Waals surface area contributed by atoms with E-state index in [0.29, 0.717) is 37.7 Å². The van der Waals surface area contributed by atoms with Crippen molar-refractivity contribution in [1.82, 2.24) is 9.47 Å². The lowest BCUT2D eigenvalue weighted by atomic mass is 10.2. The summed E-state index contributed by atoms with van der Waals surface area (Å²) in [7, 11) is 3.25. The van der Waals surface area contributed by atoms with Crippen molar-refractivity contribution in [2.45, 2.75) is 19.5 Å². The molecular weight excluding hydrogens is 414 g/mol. The van der Waals surface area contributed by atoms with Crippen molar-refractivity contribution >= 4 is 23.3 Å². The highest BCUT2D eigenvalue weighted by Crippen LogP contribution is 2.24. The summed E-state index contributed by atoms with van der Waals surface area (Å²) in [5.74, 6) is 0.620. The number of carbonyl (C=O) groups excluding carboxylic acids is 1. The monoisotopic (exact) mass is 441 g/mol. The van der Waals surface area contributed by atoms with Crippen LogP contribution in [0.1, 0.15) is 17.7 Å². The fourth-order valence-electron chi connectivity index (χ4n) is 3.35. The van der Waals surface area contributed by atoms with E-state index >= 15 is 0 Å². The predicted molar refractivity (Wildman–Crippen MR) is 124 cm³/mol. The number of anilines is 1. The van der Waals surface area contributed by atoms with Gasteiger partial charge in [0, 0.05) is 43.7 Å². The summed E-state index contributed by atoms with van der Waals surface area (Å²) >= 11 is 6.34. The second-order valence-corrected chi connectivity index (χ2v) is 7.52. The Morgan fingerprint density at radius 2 is 1.84 bits per heavy atom. The number of nitrogens with zero attached hydrogens (tertiary/aromatic N) is 2. The molecule has 0 bridgehead atoms. The molecule has 3 rings (SSSR count). The number of hydrogen-bond acceptors (Lipinski definition) is 3. The summed E-state index contributed by atoms with van der Waals surface area (Å²) in [6.45, 7) is 2.25. The summed E-state index contributed by atoms with van der Waals surface area (Å²) in [4.78, 5) is 14.9. The molecule has 0 saturated heterocycles. The van der Waals surface area contributed by atoms with Crippen LogP contribution in [0.25, 0.3) is 0 Å². The molecule has 1 N–H and O–H groups in total. The van der Waals surface area contributed by atoms with Crippen LogP contribution in [-0.4, -0.2) is 42.9 Å². The van der Waals surface area contributed by atoms with Gasteiger partial charge in [-0.05, 0) is 42.3 Å².